The van der Waals surface area contributed by atoms with E-state index in [9.17, 15) is 0 Å². The molecule has 0 amide bonds. The molecule has 1 aliphatic rings. The van der Waals surface area contributed by atoms with Gasteiger partial charge in [0.25, 0.3) is 0 Å². The Bertz CT molecular complexity index is 435. The summed E-state index contributed by atoms with van der Waals surface area (Å²) >= 11 is 0. The van der Waals surface area contributed by atoms with E-state index in [0.29, 0.717) is 0 Å². The second kappa shape index (κ2) is 6.28. The van der Waals surface area contributed by atoms with Gasteiger partial charge < -0.3 is 9.72 Å². The predicted molar refractivity (Wildman–Crippen MR) is 70.3 cm³/mol. The number of nitrogens with one attached hydrogen (secondary N) is 1. The summed E-state index contributed by atoms with van der Waals surface area (Å²) in [7, 11) is 1.63. The summed E-state index contributed by atoms with van der Waals surface area (Å²) in [6.45, 7) is 0. The Kier molecular flexibility index (Phi) is 4.42. The van der Waals surface area contributed by atoms with Crippen molar-refractivity contribution in [3.63, 3.8) is 0 Å². The molecule has 1 aliphatic carbocycles. The van der Waals surface area contributed by atoms with E-state index in [1.165, 1.54) is 38.5 Å². The summed E-state index contributed by atoms with van der Waals surface area (Å²) in [5.41, 5.74) is 0.894. The van der Waals surface area contributed by atoms with Crippen molar-refractivity contribution < 1.29 is 4.74 Å². The van der Waals surface area contributed by atoms with Crippen LogP contribution < -0.4 is 4.74 Å². The molecule has 2 heterocycles. The van der Waals surface area contributed by atoms with E-state index in [1.807, 2.05) is 18.3 Å². The van der Waals surface area contributed by atoms with Crippen molar-refractivity contribution in [1.82, 2.24) is 9.97 Å². The molecule has 1 fully saturated rings. The Labute approximate surface area is 102 Å². The van der Waals surface area contributed by atoms with Gasteiger partial charge in [0.05, 0.1) is 13.3 Å². The van der Waals surface area contributed by atoms with Gasteiger partial charge in [0.15, 0.2) is 0 Å². The van der Waals surface area contributed by atoms with E-state index in [4.69, 9.17) is 4.74 Å². The predicted octanol–water partition coefficient (Wildman–Crippen LogP) is 3.91. The van der Waals surface area contributed by atoms with Crippen LogP contribution >= 0.6 is 0 Å². The number of hydrogen-bond donors (Lipinski definition) is 1. The van der Waals surface area contributed by atoms with Crippen molar-refractivity contribution in [2.75, 3.05) is 7.11 Å². The highest BCUT2D eigenvalue weighted by Gasteiger charge is 1.96. The zero-order valence-electron chi connectivity index (χ0n) is 10.4. The Morgan fingerprint density at radius 2 is 1.76 bits per heavy atom. The Hall–Kier alpha value is -1.51. The molecule has 2 aromatic heterocycles. The van der Waals surface area contributed by atoms with Crippen LogP contribution in [0, 0.1) is 0 Å². The van der Waals surface area contributed by atoms with Gasteiger partial charge >= 0.3 is 0 Å². The van der Waals surface area contributed by atoms with Gasteiger partial charge in [-0.05, 0) is 12.1 Å². The van der Waals surface area contributed by atoms with Crippen LogP contribution in [0.2, 0.25) is 0 Å². The molecule has 1 N–H and O–H groups in total. The molecule has 3 rings (SSSR count). The van der Waals surface area contributed by atoms with Gasteiger partial charge in [-0.15, -0.1) is 0 Å². The smallest absolute Gasteiger partial charge is 0.137 e. The minimum Gasteiger partial charge on any atom is -0.495 e. The normalized spacial score (nSPS) is 15.1. The molecule has 0 aromatic carbocycles. The Morgan fingerprint density at radius 1 is 1.12 bits per heavy atom. The van der Waals surface area contributed by atoms with Crippen LogP contribution in [0.15, 0.2) is 24.5 Å². The number of hydrogen-bond acceptors (Lipinski definition) is 2. The fourth-order valence-electron chi connectivity index (χ4n) is 2.09. The largest absolute Gasteiger partial charge is 0.495 e. The maximum atomic E-state index is 5.02. The molecule has 0 aliphatic heterocycles. The summed E-state index contributed by atoms with van der Waals surface area (Å²) in [4.78, 5) is 7.14. The van der Waals surface area contributed by atoms with Crippen LogP contribution in [-0.4, -0.2) is 17.1 Å². The van der Waals surface area contributed by atoms with Crippen LogP contribution in [0.5, 0.6) is 5.75 Å². The van der Waals surface area contributed by atoms with Crippen molar-refractivity contribution in [3.05, 3.63) is 24.5 Å². The lowest BCUT2D eigenvalue weighted by atomic mass is 10.0. The molecular weight excluding hydrogens is 212 g/mol. The number of H-pyrrole nitrogens is 1. The lowest BCUT2D eigenvalue weighted by Gasteiger charge is -2.05. The fourth-order valence-corrected chi connectivity index (χ4v) is 2.09. The van der Waals surface area contributed by atoms with Crippen molar-refractivity contribution in [1.29, 1.82) is 0 Å². The second-order valence-electron chi connectivity index (χ2n) is 4.41. The summed E-state index contributed by atoms with van der Waals surface area (Å²) in [6.07, 6.45) is 12.6. The first-order chi connectivity index (χ1) is 8.40. The minimum absolute atomic E-state index is 0.789. The van der Waals surface area contributed by atoms with E-state index in [1.54, 1.807) is 13.3 Å². The zero-order valence-corrected chi connectivity index (χ0v) is 10.4. The van der Waals surface area contributed by atoms with Crippen LogP contribution in [0.4, 0.5) is 0 Å². The van der Waals surface area contributed by atoms with Crippen molar-refractivity contribution >= 4 is 11.0 Å². The molecule has 0 bridgehead atoms. The molecule has 0 radical (unpaired) electrons. The summed E-state index contributed by atoms with van der Waals surface area (Å²) in [5, 5.41) is 1.07. The molecule has 1 saturated carbocycles. The lowest BCUT2D eigenvalue weighted by Crippen LogP contribution is -1.85. The number of fused-ring (bicyclic) bond motifs is 1. The molecule has 17 heavy (non-hydrogen) atoms. The number of rotatable bonds is 1. The molecule has 3 nitrogen and oxygen atoms in total. The monoisotopic (exact) mass is 232 g/mol. The van der Waals surface area contributed by atoms with Gasteiger partial charge in [0.2, 0.25) is 0 Å². The second-order valence-corrected chi connectivity index (χ2v) is 4.41. The van der Waals surface area contributed by atoms with E-state index in [2.05, 4.69) is 9.97 Å². The average molecular weight is 232 g/mol. The van der Waals surface area contributed by atoms with Gasteiger partial charge in [-0.25, -0.2) is 4.98 Å². The Balaban J connectivity index is 0.000000153. The summed E-state index contributed by atoms with van der Waals surface area (Å²) < 4.78 is 5.02. The third-order valence-corrected chi connectivity index (χ3v) is 3.11. The lowest BCUT2D eigenvalue weighted by molar-refractivity contribution is 0.413. The highest BCUT2D eigenvalue weighted by molar-refractivity contribution is 5.76. The van der Waals surface area contributed by atoms with Gasteiger partial charge in [0, 0.05) is 11.6 Å². The first-order valence-electron chi connectivity index (χ1n) is 6.37. The SMILES string of the molecule is C1CCCCC1.COc1cnc2[nH]ccc2c1. The molecule has 0 unspecified atom stereocenters. The molecule has 0 atom stereocenters. The molecule has 0 spiro atoms. The number of pyridine rings is 1. The molecule has 0 saturated heterocycles. The van der Waals surface area contributed by atoms with Gasteiger partial charge in [-0.3, -0.25) is 0 Å². The number of ether oxygens (including phenoxy) is 1. The van der Waals surface area contributed by atoms with Crippen LogP contribution in [0.1, 0.15) is 38.5 Å². The van der Waals surface area contributed by atoms with E-state index in [0.717, 1.165) is 16.8 Å². The third-order valence-electron chi connectivity index (χ3n) is 3.11. The topological polar surface area (TPSA) is 37.9 Å². The molecule has 2 aromatic rings. The highest BCUT2D eigenvalue weighted by atomic mass is 16.5. The maximum Gasteiger partial charge on any atom is 0.137 e. The van der Waals surface area contributed by atoms with Crippen molar-refractivity contribution in [2.45, 2.75) is 38.5 Å². The van der Waals surface area contributed by atoms with Gasteiger partial charge in [-0.1, -0.05) is 38.5 Å². The third kappa shape index (κ3) is 3.48. The Morgan fingerprint density at radius 3 is 2.35 bits per heavy atom. The standard InChI is InChI=1S/C8H8N2O.C6H12/c1-11-7-4-6-2-3-9-8(6)10-5-7;1-2-4-6-5-3-1/h2-5H,1H3,(H,9,10);1-6H2. The van der Waals surface area contributed by atoms with Crippen LogP contribution in [0.3, 0.4) is 0 Å². The highest BCUT2D eigenvalue weighted by Crippen LogP contribution is 2.16. The van der Waals surface area contributed by atoms with Crippen LogP contribution in [0.25, 0.3) is 11.0 Å². The van der Waals surface area contributed by atoms with Crippen molar-refractivity contribution in [2.24, 2.45) is 0 Å². The number of aromatic nitrogens is 2. The maximum absolute atomic E-state index is 5.02. The first-order valence-corrected chi connectivity index (χ1v) is 6.37. The molecular formula is C14H20N2O. The zero-order chi connectivity index (χ0) is 11.9. The summed E-state index contributed by atoms with van der Waals surface area (Å²) in [6, 6.07) is 3.91. The summed E-state index contributed by atoms with van der Waals surface area (Å²) in [5.74, 6) is 0.789. The van der Waals surface area contributed by atoms with Gasteiger partial charge in [0.1, 0.15) is 11.4 Å². The van der Waals surface area contributed by atoms with Crippen molar-refractivity contribution in [3.8, 4) is 5.75 Å². The van der Waals surface area contributed by atoms with Gasteiger partial charge in [-0.2, -0.15) is 0 Å². The minimum atomic E-state index is 0.789. The van der Waals surface area contributed by atoms with E-state index in [-0.39, 0.29) is 0 Å². The van der Waals surface area contributed by atoms with E-state index >= 15 is 0 Å². The fraction of sp³-hybridized carbons (Fsp3) is 0.500. The quantitative estimate of drug-likeness (QED) is 0.809. The first kappa shape index (κ1) is 12.0. The van der Waals surface area contributed by atoms with E-state index < -0.39 is 0 Å². The number of aromatic amines is 1. The van der Waals surface area contributed by atoms with Crippen LogP contribution in [-0.2, 0) is 0 Å². The number of methoxy groups -OCH3 is 1. The molecule has 92 valence electrons. The average Bonchev–Trinajstić information content (AvgIpc) is 2.88. The molecule has 3 heteroatoms. The number of nitrogens with zero attached hydrogens (tertiary/aromatic N) is 1.